The third-order valence-electron chi connectivity index (χ3n) is 4.13. The van der Waals surface area contributed by atoms with E-state index in [-0.39, 0.29) is 6.03 Å². The molecular weight excluding hydrogens is 320 g/mol. The highest BCUT2D eigenvalue weighted by Gasteiger charge is 2.32. The lowest BCUT2D eigenvalue weighted by Crippen LogP contribution is -2.53. The van der Waals surface area contributed by atoms with E-state index in [1.807, 2.05) is 24.0 Å². The second-order valence-electron chi connectivity index (χ2n) is 5.47. The van der Waals surface area contributed by atoms with Crippen LogP contribution in [0, 0.1) is 6.92 Å². The number of fused-ring (bicyclic) bond motifs is 1. The third kappa shape index (κ3) is 2.81. The largest absolute Gasteiger partial charge is 0.323 e. The lowest BCUT2D eigenvalue weighted by Gasteiger charge is -2.37. The minimum absolute atomic E-state index is 0.0363. The van der Waals surface area contributed by atoms with Gasteiger partial charge in [0.15, 0.2) is 0 Å². The molecule has 2 aliphatic rings. The number of carbonyl (C=O) groups is 1. The summed E-state index contributed by atoms with van der Waals surface area (Å²) in [5.41, 5.74) is 0.878. The summed E-state index contributed by atoms with van der Waals surface area (Å²) in [6.07, 6.45) is 2.47. The molecule has 2 fully saturated rings. The number of nitrogens with zero attached hydrogens (tertiary/aromatic N) is 3. The summed E-state index contributed by atoms with van der Waals surface area (Å²) in [6, 6.07) is 4.24. The minimum atomic E-state index is -0.0363. The van der Waals surface area contributed by atoms with Crippen LogP contribution in [0.1, 0.15) is 18.5 Å². The predicted molar refractivity (Wildman–Crippen MR) is 81.9 cm³/mol. The number of piperazine rings is 1. The molecule has 1 unspecified atom stereocenters. The number of anilines is 1. The van der Waals surface area contributed by atoms with Gasteiger partial charge in [-0.1, -0.05) is 0 Å². The summed E-state index contributed by atoms with van der Waals surface area (Å²) < 4.78 is 0.954. The molecule has 6 heteroatoms. The van der Waals surface area contributed by atoms with Crippen molar-refractivity contribution in [3.8, 4) is 0 Å². The second-order valence-corrected chi connectivity index (χ2v) is 6.33. The fraction of sp³-hybridized carbons (Fsp3) is 0.571. The molecule has 3 heterocycles. The van der Waals surface area contributed by atoms with Crippen LogP contribution >= 0.6 is 15.9 Å². The normalized spacial score (nSPS) is 22.7. The molecule has 1 aromatic heterocycles. The molecule has 1 atom stereocenters. The number of nitrogens with one attached hydrogen (secondary N) is 1. The van der Waals surface area contributed by atoms with E-state index in [2.05, 4.69) is 31.1 Å². The molecule has 108 valence electrons. The Bertz CT molecular complexity index is 522. The monoisotopic (exact) mass is 338 g/mol. The lowest BCUT2D eigenvalue weighted by molar-refractivity contribution is 0.124. The number of rotatable bonds is 1. The summed E-state index contributed by atoms with van der Waals surface area (Å²) >= 11 is 3.41. The molecule has 1 aromatic rings. The highest BCUT2D eigenvalue weighted by atomic mass is 79.9. The van der Waals surface area contributed by atoms with Crippen LogP contribution < -0.4 is 5.32 Å². The number of carbonyl (C=O) groups excluding carboxylic acids is 1. The zero-order chi connectivity index (χ0) is 14.1. The number of urea groups is 1. The van der Waals surface area contributed by atoms with Crippen molar-refractivity contribution < 1.29 is 4.79 Å². The van der Waals surface area contributed by atoms with E-state index >= 15 is 0 Å². The fourth-order valence-corrected chi connectivity index (χ4v) is 3.20. The Balaban J connectivity index is 1.62. The summed E-state index contributed by atoms with van der Waals surface area (Å²) in [7, 11) is 0. The first kappa shape index (κ1) is 13.8. The van der Waals surface area contributed by atoms with Crippen molar-refractivity contribution in [2.75, 3.05) is 31.5 Å². The van der Waals surface area contributed by atoms with Crippen molar-refractivity contribution in [3.63, 3.8) is 0 Å². The van der Waals surface area contributed by atoms with Gasteiger partial charge in [-0.2, -0.15) is 0 Å². The zero-order valence-corrected chi connectivity index (χ0v) is 13.2. The van der Waals surface area contributed by atoms with Crippen molar-refractivity contribution in [1.29, 1.82) is 0 Å². The van der Waals surface area contributed by atoms with Gasteiger partial charge in [-0.25, -0.2) is 9.78 Å². The maximum Gasteiger partial charge on any atom is 0.323 e. The number of amides is 2. The SMILES string of the molecule is Cc1nc(NC(=O)N2CCN3CCCC3C2)ccc1Br. The summed E-state index contributed by atoms with van der Waals surface area (Å²) in [5, 5.41) is 2.90. The van der Waals surface area contributed by atoms with E-state index in [9.17, 15) is 4.79 Å². The molecule has 0 bridgehead atoms. The van der Waals surface area contributed by atoms with Gasteiger partial charge in [0.05, 0.1) is 5.69 Å². The van der Waals surface area contributed by atoms with Gasteiger partial charge in [0.25, 0.3) is 0 Å². The Kier molecular flexibility index (Phi) is 3.94. The van der Waals surface area contributed by atoms with Gasteiger partial charge in [-0.3, -0.25) is 10.2 Å². The first-order chi connectivity index (χ1) is 9.63. The van der Waals surface area contributed by atoms with Crippen LogP contribution in [0.4, 0.5) is 10.6 Å². The Morgan fingerprint density at radius 1 is 1.40 bits per heavy atom. The molecule has 0 radical (unpaired) electrons. The van der Waals surface area contributed by atoms with Crippen LogP contribution in [-0.2, 0) is 0 Å². The van der Waals surface area contributed by atoms with E-state index in [0.717, 1.165) is 29.8 Å². The summed E-state index contributed by atoms with van der Waals surface area (Å²) in [4.78, 5) is 21.1. The minimum Gasteiger partial charge on any atom is -0.322 e. The van der Waals surface area contributed by atoms with E-state index in [4.69, 9.17) is 0 Å². The number of hydrogen-bond donors (Lipinski definition) is 1. The van der Waals surface area contributed by atoms with E-state index in [1.165, 1.54) is 19.4 Å². The van der Waals surface area contributed by atoms with E-state index in [1.54, 1.807) is 0 Å². The Morgan fingerprint density at radius 2 is 2.25 bits per heavy atom. The molecule has 0 saturated carbocycles. The Labute approximate surface area is 127 Å². The molecule has 2 aliphatic heterocycles. The zero-order valence-electron chi connectivity index (χ0n) is 11.6. The highest BCUT2D eigenvalue weighted by molar-refractivity contribution is 9.10. The maximum atomic E-state index is 12.3. The topological polar surface area (TPSA) is 48.5 Å². The first-order valence-electron chi connectivity index (χ1n) is 7.06. The van der Waals surface area contributed by atoms with Gasteiger partial charge >= 0.3 is 6.03 Å². The van der Waals surface area contributed by atoms with Gasteiger partial charge < -0.3 is 4.90 Å². The number of aryl methyl sites for hydroxylation is 1. The molecule has 2 amide bonds. The molecular formula is C14H19BrN4O. The molecule has 20 heavy (non-hydrogen) atoms. The molecule has 2 saturated heterocycles. The standard InChI is InChI=1S/C14H19BrN4O/c1-10-12(15)4-5-13(16-10)17-14(20)19-8-7-18-6-2-3-11(18)9-19/h4-5,11H,2-3,6-9H2,1H3,(H,16,17,20). The number of pyridine rings is 1. The van der Waals surface area contributed by atoms with Gasteiger partial charge in [0.2, 0.25) is 0 Å². The molecule has 0 aliphatic carbocycles. The molecule has 1 N–H and O–H groups in total. The molecule has 3 rings (SSSR count). The summed E-state index contributed by atoms with van der Waals surface area (Å²) in [6.45, 7) is 5.73. The van der Waals surface area contributed by atoms with Crippen LogP contribution in [0.25, 0.3) is 0 Å². The van der Waals surface area contributed by atoms with Crippen molar-refractivity contribution in [1.82, 2.24) is 14.8 Å². The number of hydrogen-bond acceptors (Lipinski definition) is 3. The predicted octanol–water partition coefficient (Wildman–Crippen LogP) is 2.46. The second kappa shape index (κ2) is 5.69. The average Bonchev–Trinajstić information content (AvgIpc) is 2.90. The highest BCUT2D eigenvalue weighted by Crippen LogP contribution is 2.22. The van der Waals surface area contributed by atoms with Gasteiger partial charge in [-0.15, -0.1) is 0 Å². The van der Waals surface area contributed by atoms with E-state index < -0.39 is 0 Å². The number of halogens is 1. The maximum absolute atomic E-state index is 12.3. The van der Waals surface area contributed by atoms with Crippen LogP contribution in [0.5, 0.6) is 0 Å². The van der Waals surface area contributed by atoms with E-state index in [0.29, 0.717) is 11.9 Å². The van der Waals surface area contributed by atoms with Crippen LogP contribution in [0.3, 0.4) is 0 Å². The van der Waals surface area contributed by atoms with Gasteiger partial charge in [-0.05, 0) is 54.4 Å². The first-order valence-corrected chi connectivity index (χ1v) is 7.86. The van der Waals surface area contributed by atoms with Gasteiger partial charge in [0, 0.05) is 30.1 Å². The third-order valence-corrected chi connectivity index (χ3v) is 4.97. The Morgan fingerprint density at radius 3 is 3.05 bits per heavy atom. The van der Waals surface area contributed by atoms with Crippen molar-refractivity contribution in [3.05, 3.63) is 22.3 Å². The fourth-order valence-electron chi connectivity index (χ4n) is 2.98. The smallest absolute Gasteiger partial charge is 0.322 e. The van der Waals surface area contributed by atoms with Crippen molar-refractivity contribution in [2.24, 2.45) is 0 Å². The van der Waals surface area contributed by atoms with Crippen LogP contribution in [0.15, 0.2) is 16.6 Å². The molecule has 5 nitrogen and oxygen atoms in total. The lowest BCUT2D eigenvalue weighted by atomic mass is 10.2. The van der Waals surface area contributed by atoms with Crippen LogP contribution in [-0.4, -0.2) is 53.0 Å². The quantitative estimate of drug-likeness (QED) is 0.855. The van der Waals surface area contributed by atoms with Crippen LogP contribution in [0.2, 0.25) is 0 Å². The molecule has 0 aromatic carbocycles. The summed E-state index contributed by atoms with van der Waals surface area (Å²) in [5.74, 6) is 0.615. The van der Waals surface area contributed by atoms with Crippen molar-refractivity contribution >= 4 is 27.8 Å². The van der Waals surface area contributed by atoms with Gasteiger partial charge in [0.1, 0.15) is 5.82 Å². The average molecular weight is 339 g/mol. The molecule has 0 spiro atoms. The number of aromatic nitrogens is 1. The Hall–Kier alpha value is -1.14. The van der Waals surface area contributed by atoms with Crippen molar-refractivity contribution in [2.45, 2.75) is 25.8 Å².